The van der Waals surface area contributed by atoms with E-state index in [0.717, 1.165) is 32.1 Å². The monoisotopic (exact) mass is 334 g/mol. The maximum absolute atomic E-state index is 12.6. The van der Waals surface area contributed by atoms with E-state index in [9.17, 15) is 9.59 Å². The van der Waals surface area contributed by atoms with Crippen LogP contribution in [0.2, 0.25) is 0 Å². The molecule has 0 bridgehead atoms. The van der Waals surface area contributed by atoms with E-state index in [1.807, 2.05) is 4.90 Å². The number of ether oxygens (including phenoxy) is 1. The van der Waals surface area contributed by atoms with Gasteiger partial charge in [-0.2, -0.15) is 5.10 Å². The van der Waals surface area contributed by atoms with Crippen LogP contribution >= 0.6 is 0 Å². The van der Waals surface area contributed by atoms with Gasteiger partial charge in [0.2, 0.25) is 5.91 Å². The molecule has 2 fully saturated rings. The summed E-state index contributed by atoms with van der Waals surface area (Å²) in [6.07, 6.45) is 5.94. The SMILES string of the molecule is COCCC1(NC(=O)C2CC2)CCN(C(=O)c2ccnn2C)CC1. The average molecular weight is 334 g/mol. The second-order valence-electron chi connectivity index (χ2n) is 6.92. The van der Waals surface area contributed by atoms with Crippen LogP contribution in [0.3, 0.4) is 0 Å². The van der Waals surface area contributed by atoms with E-state index in [4.69, 9.17) is 4.74 Å². The van der Waals surface area contributed by atoms with Gasteiger partial charge in [0.05, 0.1) is 0 Å². The highest BCUT2D eigenvalue weighted by Gasteiger charge is 2.40. The van der Waals surface area contributed by atoms with Crippen molar-refractivity contribution in [2.45, 2.75) is 37.6 Å². The van der Waals surface area contributed by atoms with Gasteiger partial charge >= 0.3 is 0 Å². The van der Waals surface area contributed by atoms with Gasteiger partial charge in [-0.3, -0.25) is 14.3 Å². The number of aryl methyl sites for hydroxylation is 1. The van der Waals surface area contributed by atoms with Crippen molar-refractivity contribution >= 4 is 11.8 Å². The molecule has 1 saturated heterocycles. The molecule has 132 valence electrons. The Kier molecular flexibility index (Phi) is 4.89. The predicted molar refractivity (Wildman–Crippen MR) is 88.4 cm³/mol. The molecule has 0 spiro atoms. The van der Waals surface area contributed by atoms with E-state index in [2.05, 4.69) is 10.4 Å². The van der Waals surface area contributed by atoms with Gasteiger partial charge in [-0.15, -0.1) is 0 Å². The normalized spacial score (nSPS) is 20.0. The summed E-state index contributed by atoms with van der Waals surface area (Å²) in [5.41, 5.74) is 0.347. The Hall–Kier alpha value is -1.89. The third kappa shape index (κ3) is 3.61. The van der Waals surface area contributed by atoms with Crippen molar-refractivity contribution in [2.24, 2.45) is 13.0 Å². The fourth-order valence-corrected chi connectivity index (χ4v) is 3.33. The summed E-state index contributed by atoms with van der Waals surface area (Å²) in [5.74, 6) is 0.361. The minimum Gasteiger partial charge on any atom is -0.385 e. The molecular formula is C17H26N4O3. The largest absolute Gasteiger partial charge is 0.385 e. The third-order valence-electron chi connectivity index (χ3n) is 5.17. The van der Waals surface area contributed by atoms with Crippen LogP contribution in [-0.2, 0) is 16.6 Å². The van der Waals surface area contributed by atoms with Crippen molar-refractivity contribution in [3.8, 4) is 0 Å². The maximum atomic E-state index is 12.6. The van der Waals surface area contributed by atoms with Crippen molar-refractivity contribution in [2.75, 3.05) is 26.8 Å². The molecule has 1 aromatic rings. The summed E-state index contributed by atoms with van der Waals surface area (Å²) in [6, 6.07) is 1.74. The predicted octanol–water partition coefficient (Wildman–Crippen LogP) is 0.958. The maximum Gasteiger partial charge on any atom is 0.272 e. The van der Waals surface area contributed by atoms with Crippen molar-refractivity contribution in [3.05, 3.63) is 18.0 Å². The summed E-state index contributed by atoms with van der Waals surface area (Å²) in [6.45, 7) is 1.89. The lowest BCUT2D eigenvalue weighted by molar-refractivity contribution is -0.125. The quantitative estimate of drug-likeness (QED) is 0.841. The highest BCUT2D eigenvalue weighted by molar-refractivity contribution is 5.92. The molecule has 1 aliphatic heterocycles. The first-order chi connectivity index (χ1) is 11.5. The number of nitrogens with zero attached hydrogens (tertiary/aromatic N) is 3. The van der Waals surface area contributed by atoms with E-state index in [-0.39, 0.29) is 23.3 Å². The van der Waals surface area contributed by atoms with Crippen LogP contribution in [0.4, 0.5) is 0 Å². The zero-order valence-electron chi connectivity index (χ0n) is 14.5. The van der Waals surface area contributed by atoms with Gasteiger partial charge in [-0.1, -0.05) is 0 Å². The molecule has 1 aromatic heterocycles. The van der Waals surface area contributed by atoms with Gasteiger partial charge in [-0.25, -0.2) is 0 Å². The van der Waals surface area contributed by atoms with Crippen LogP contribution < -0.4 is 5.32 Å². The Morgan fingerprint density at radius 1 is 1.38 bits per heavy atom. The van der Waals surface area contributed by atoms with E-state index in [1.54, 1.807) is 31.1 Å². The van der Waals surface area contributed by atoms with Crippen LogP contribution in [0.1, 0.15) is 42.6 Å². The first kappa shape index (κ1) is 17.0. The summed E-state index contributed by atoms with van der Waals surface area (Å²) >= 11 is 0. The molecule has 7 heteroatoms. The molecule has 1 saturated carbocycles. The minimum atomic E-state index is -0.251. The van der Waals surface area contributed by atoms with Gasteiger partial charge in [0.1, 0.15) is 5.69 Å². The number of piperidine rings is 1. The fourth-order valence-electron chi connectivity index (χ4n) is 3.33. The van der Waals surface area contributed by atoms with E-state index >= 15 is 0 Å². The summed E-state index contributed by atoms with van der Waals surface area (Å²) in [7, 11) is 3.45. The Bertz CT molecular complexity index is 601. The Balaban J connectivity index is 1.63. The smallest absolute Gasteiger partial charge is 0.272 e. The molecule has 0 radical (unpaired) electrons. The lowest BCUT2D eigenvalue weighted by Crippen LogP contribution is -2.57. The topological polar surface area (TPSA) is 76.5 Å². The highest BCUT2D eigenvalue weighted by atomic mass is 16.5. The number of carbonyl (C=O) groups excluding carboxylic acids is 2. The number of likely N-dealkylation sites (tertiary alicyclic amines) is 1. The third-order valence-corrected chi connectivity index (χ3v) is 5.17. The van der Waals surface area contributed by atoms with Crippen molar-refractivity contribution < 1.29 is 14.3 Å². The number of carbonyl (C=O) groups is 2. The van der Waals surface area contributed by atoms with Crippen LogP contribution in [0.5, 0.6) is 0 Å². The number of amides is 2. The van der Waals surface area contributed by atoms with Crippen molar-refractivity contribution in [3.63, 3.8) is 0 Å². The van der Waals surface area contributed by atoms with Gasteiger partial charge in [0.25, 0.3) is 5.91 Å². The molecule has 2 aliphatic rings. The molecule has 24 heavy (non-hydrogen) atoms. The molecule has 0 aromatic carbocycles. The van der Waals surface area contributed by atoms with Crippen LogP contribution in [0.15, 0.2) is 12.3 Å². The average Bonchev–Trinajstić information content (AvgIpc) is 3.35. The lowest BCUT2D eigenvalue weighted by atomic mass is 9.84. The number of rotatable bonds is 6. The van der Waals surface area contributed by atoms with Crippen LogP contribution in [-0.4, -0.2) is 58.8 Å². The summed E-state index contributed by atoms with van der Waals surface area (Å²) in [5, 5.41) is 7.32. The van der Waals surface area contributed by atoms with Crippen molar-refractivity contribution in [1.29, 1.82) is 0 Å². The van der Waals surface area contributed by atoms with E-state index < -0.39 is 0 Å². The van der Waals surface area contributed by atoms with Gasteiger partial charge in [0.15, 0.2) is 0 Å². The zero-order valence-corrected chi connectivity index (χ0v) is 14.5. The number of hydrogen-bond donors (Lipinski definition) is 1. The number of hydrogen-bond acceptors (Lipinski definition) is 4. The van der Waals surface area contributed by atoms with E-state index in [0.29, 0.717) is 25.4 Å². The molecule has 0 unspecified atom stereocenters. The van der Waals surface area contributed by atoms with Gasteiger partial charge < -0.3 is 15.0 Å². The molecule has 3 rings (SSSR count). The fraction of sp³-hybridized carbons (Fsp3) is 0.706. The zero-order chi connectivity index (χ0) is 17.2. The highest BCUT2D eigenvalue weighted by Crippen LogP contribution is 2.32. The molecule has 1 N–H and O–H groups in total. The van der Waals surface area contributed by atoms with Gasteiger partial charge in [0, 0.05) is 51.5 Å². The molecule has 7 nitrogen and oxygen atoms in total. The van der Waals surface area contributed by atoms with Crippen LogP contribution in [0, 0.1) is 5.92 Å². The molecule has 2 amide bonds. The van der Waals surface area contributed by atoms with E-state index in [1.165, 1.54) is 0 Å². The standard InChI is InChI=1S/C17H26N4O3/c1-20-14(5-9-18-20)16(23)21-10-6-17(7-11-21,8-12-24-2)19-15(22)13-3-4-13/h5,9,13H,3-4,6-8,10-12H2,1-2H3,(H,19,22). The number of methoxy groups -OCH3 is 1. The first-order valence-corrected chi connectivity index (χ1v) is 8.63. The number of aromatic nitrogens is 2. The Labute approximate surface area is 142 Å². The minimum absolute atomic E-state index is 0.00357. The number of nitrogens with one attached hydrogen (secondary N) is 1. The Morgan fingerprint density at radius 3 is 2.62 bits per heavy atom. The lowest BCUT2D eigenvalue weighted by Gasteiger charge is -2.42. The summed E-state index contributed by atoms with van der Waals surface area (Å²) in [4.78, 5) is 26.7. The van der Waals surface area contributed by atoms with Gasteiger partial charge in [-0.05, 0) is 38.2 Å². The molecule has 2 heterocycles. The van der Waals surface area contributed by atoms with Crippen LogP contribution in [0.25, 0.3) is 0 Å². The van der Waals surface area contributed by atoms with Crippen molar-refractivity contribution in [1.82, 2.24) is 20.0 Å². The Morgan fingerprint density at radius 2 is 2.08 bits per heavy atom. The molecule has 0 atom stereocenters. The molecular weight excluding hydrogens is 308 g/mol. The second-order valence-corrected chi connectivity index (χ2v) is 6.92. The second kappa shape index (κ2) is 6.93. The first-order valence-electron chi connectivity index (χ1n) is 8.63. The summed E-state index contributed by atoms with van der Waals surface area (Å²) < 4.78 is 6.83. The molecule has 1 aliphatic carbocycles.